The van der Waals surface area contributed by atoms with Crippen LogP contribution in [0.1, 0.15) is 49.7 Å². The van der Waals surface area contributed by atoms with Gasteiger partial charge in [0.05, 0.1) is 11.8 Å². The summed E-state index contributed by atoms with van der Waals surface area (Å²) in [6.07, 6.45) is 5.95. The first-order chi connectivity index (χ1) is 15.2. The molecule has 0 aromatic heterocycles. The Hall–Kier alpha value is -1.86. The average molecular weight is 441 g/mol. The second kappa shape index (κ2) is 9.33. The van der Waals surface area contributed by atoms with E-state index in [1.54, 1.807) is 16.8 Å². The third-order valence-corrected chi connectivity index (χ3v) is 8.08. The lowest BCUT2D eigenvalue weighted by Gasteiger charge is -2.37. The Kier molecular flexibility index (Phi) is 6.32. The van der Waals surface area contributed by atoms with Crippen LogP contribution in [0.2, 0.25) is 0 Å². The highest BCUT2D eigenvalue weighted by Crippen LogP contribution is 2.38. The average Bonchev–Trinajstić information content (AvgIpc) is 3.07. The number of hydrogen-bond donors (Lipinski definition) is 0. The molecule has 1 aliphatic carbocycles. The summed E-state index contributed by atoms with van der Waals surface area (Å²) in [7, 11) is 0. The number of nitrogens with zero attached hydrogens (tertiary/aromatic N) is 4. The first kappa shape index (κ1) is 21.0. The minimum Gasteiger partial charge on any atom is -0.353 e. The molecule has 6 nitrogen and oxygen atoms in total. The van der Waals surface area contributed by atoms with Crippen LogP contribution in [0.3, 0.4) is 0 Å². The Labute approximate surface area is 189 Å². The van der Waals surface area contributed by atoms with E-state index in [-0.39, 0.29) is 23.7 Å². The predicted molar refractivity (Wildman–Crippen MR) is 124 cm³/mol. The summed E-state index contributed by atoms with van der Waals surface area (Å²) >= 11 is 1.65. The van der Waals surface area contributed by atoms with Crippen molar-refractivity contribution < 1.29 is 9.59 Å². The highest BCUT2D eigenvalue weighted by Gasteiger charge is 2.47. The Morgan fingerprint density at radius 2 is 1.58 bits per heavy atom. The SMILES string of the molecule is O=C1[C@H]2CCCC[C@H]2C(=O)N1CCCCN1CCN(C2=NSCc3ccccc32)CC1. The van der Waals surface area contributed by atoms with Gasteiger partial charge >= 0.3 is 0 Å². The summed E-state index contributed by atoms with van der Waals surface area (Å²) in [5, 5.41) is 0. The molecule has 2 saturated heterocycles. The van der Waals surface area contributed by atoms with Gasteiger partial charge in [-0.25, -0.2) is 0 Å². The number of piperazine rings is 1. The Morgan fingerprint density at radius 1 is 0.903 bits per heavy atom. The third-order valence-electron chi connectivity index (χ3n) is 7.34. The van der Waals surface area contributed by atoms with Crippen molar-refractivity contribution in [1.82, 2.24) is 14.7 Å². The van der Waals surface area contributed by atoms with Gasteiger partial charge in [-0.3, -0.25) is 19.4 Å². The molecule has 4 aliphatic rings. The third kappa shape index (κ3) is 4.27. The van der Waals surface area contributed by atoms with E-state index in [4.69, 9.17) is 4.40 Å². The number of carbonyl (C=O) groups excluding carboxylic acids is 2. The molecule has 31 heavy (non-hydrogen) atoms. The summed E-state index contributed by atoms with van der Waals surface area (Å²) in [5.74, 6) is 2.28. The Bertz CT molecular complexity index is 841. The molecular weight excluding hydrogens is 408 g/mol. The van der Waals surface area contributed by atoms with E-state index in [9.17, 15) is 9.59 Å². The van der Waals surface area contributed by atoms with Gasteiger partial charge in [0.15, 0.2) is 0 Å². The Balaban J connectivity index is 1.06. The van der Waals surface area contributed by atoms with Gasteiger partial charge in [0.2, 0.25) is 11.8 Å². The molecule has 2 amide bonds. The van der Waals surface area contributed by atoms with Gasteiger partial charge in [0.1, 0.15) is 5.84 Å². The number of likely N-dealkylation sites (tertiary alicyclic amines) is 1. The minimum absolute atomic E-state index is 0.0136. The largest absolute Gasteiger partial charge is 0.353 e. The fourth-order valence-corrected chi connectivity index (χ4v) is 6.34. The summed E-state index contributed by atoms with van der Waals surface area (Å²) in [5.41, 5.74) is 2.67. The van der Waals surface area contributed by atoms with Crippen molar-refractivity contribution in [2.75, 3.05) is 39.3 Å². The molecule has 2 atom stereocenters. The molecule has 3 aliphatic heterocycles. The maximum absolute atomic E-state index is 12.6. The van der Waals surface area contributed by atoms with Crippen LogP contribution in [0.15, 0.2) is 28.7 Å². The van der Waals surface area contributed by atoms with Crippen molar-refractivity contribution >= 4 is 29.6 Å². The van der Waals surface area contributed by atoms with Gasteiger partial charge in [0.25, 0.3) is 0 Å². The van der Waals surface area contributed by atoms with E-state index >= 15 is 0 Å². The smallest absolute Gasteiger partial charge is 0.233 e. The van der Waals surface area contributed by atoms with Crippen LogP contribution in [-0.2, 0) is 15.3 Å². The molecule has 0 unspecified atom stereocenters. The van der Waals surface area contributed by atoms with E-state index in [1.807, 2.05) is 0 Å². The molecular formula is C24H32N4O2S. The lowest BCUT2D eigenvalue weighted by molar-refractivity contribution is -0.140. The van der Waals surface area contributed by atoms with E-state index in [0.29, 0.717) is 6.54 Å². The number of amidine groups is 1. The second-order valence-corrected chi connectivity index (χ2v) is 9.94. The van der Waals surface area contributed by atoms with Gasteiger partial charge in [-0.2, -0.15) is 4.40 Å². The molecule has 166 valence electrons. The molecule has 3 heterocycles. The predicted octanol–water partition coefficient (Wildman–Crippen LogP) is 3.17. The van der Waals surface area contributed by atoms with Crippen LogP contribution in [-0.4, -0.2) is 71.6 Å². The molecule has 7 heteroatoms. The zero-order chi connectivity index (χ0) is 21.2. The van der Waals surface area contributed by atoms with Crippen LogP contribution in [0.5, 0.6) is 0 Å². The van der Waals surface area contributed by atoms with Gasteiger partial charge in [0, 0.05) is 44.0 Å². The summed E-state index contributed by atoms with van der Waals surface area (Å²) in [4.78, 5) is 31.7. The first-order valence-corrected chi connectivity index (χ1v) is 12.8. The highest BCUT2D eigenvalue weighted by atomic mass is 32.2. The molecule has 1 aromatic carbocycles. The monoisotopic (exact) mass is 440 g/mol. The number of unbranched alkanes of at least 4 members (excludes halogenated alkanes) is 1. The number of benzene rings is 1. The van der Waals surface area contributed by atoms with E-state index in [2.05, 4.69) is 34.1 Å². The zero-order valence-electron chi connectivity index (χ0n) is 18.2. The highest BCUT2D eigenvalue weighted by molar-refractivity contribution is 7.97. The van der Waals surface area contributed by atoms with Crippen molar-refractivity contribution in [3.8, 4) is 0 Å². The van der Waals surface area contributed by atoms with Crippen LogP contribution in [0, 0.1) is 11.8 Å². The molecule has 0 N–H and O–H groups in total. The lowest BCUT2D eigenvalue weighted by Crippen LogP contribution is -2.49. The van der Waals surface area contributed by atoms with Crippen molar-refractivity contribution in [2.24, 2.45) is 16.2 Å². The number of imide groups is 1. The van der Waals surface area contributed by atoms with Crippen LogP contribution in [0.25, 0.3) is 0 Å². The molecule has 5 rings (SSSR count). The van der Waals surface area contributed by atoms with Crippen molar-refractivity contribution in [1.29, 1.82) is 0 Å². The normalized spacial score (nSPS) is 26.6. The maximum Gasteiger partial charge on any atom is 0.233 e. The van der Waals surface area contributed by atoms with Crippen LogP contribution >= 0.6 is 11.9 Å². The van der Waals surface area contributed by atoms with Crippen LogP contribution < -0.4 is 0 Å². The minimum atomic E-state index is -0.0136. The van der Waals surface area contributed by atoms with Gasteiger partial charge in [-0.1, -0.05) is 37.1 Å². The molecule has 0 spiro atoms. The quantitative estimate of drug-likeness (QED) is 0.400. The molecule has 1 aromatic rings. The van der Waals surface area contributed by atoms with E-state index in [1.165, 1.54) is 11.1 Å². The summed E-state index contributed by atoms with van der Waals surface area (Å²) < 4.78 is 4.76. The zero-order valence-corrected chi connectivity index (χ0v) is 19.0. The van der Waals surface area contributed by atoms with Gasteiger partial charge < -0.3 is 4.90 Å². The van der Waals surface area contributed by atoms with Gasteiger partial charge in [-0.05, 0) is 49.7 Å². The van der Waals surface area contributed by atoms with Crippen molar-refractivity contribution in [2.45, 2.75) is 44.3 Å². The van der Waals surface area contributed by atoms with Crippen LogP contribution in [0.4, 0.5) is 0 Å². The molecule has 0 bridgehead atoms. The fraction of sp³-hybridized carbons (Fsp3) is 0.625. The standard InChI is InChI=1S/C24H32N4O2S/c29-23-20-9-3-4-10-21(20)24(30)28(23)12-6-5-11-26-13-15-27(16-14-26)22-19-8-2-1-7-18(19)17-31-25-22/h1-2,7-8,20-21H,3-6,9-17H2/t20-,21+. The van der Waals surface area contributed by atoms with Crippen molar-refractivity contribution in [3.63, 3.8) is 0 Å². The number of hydrogen-bond acceptors (Lipinski definition) is 6. The first-order valence-electron chi connectivity index (χ1n) is 11.8. The number of rotatable bonds is 5. The van der Waals surface area contributed by atoms with Crippen molar-refractivity contribution in [3.05, 3.63) is 35.4 Å². The number of amides is 2. The van der Waals surface area contributed by atoms with E-state index in [0.717, 1.165) is 82.8 Å². The topological polar surface area (TPSA) is 56.2 Å². The van der Waals surface area contributed by atoms with Gasteiger partial charge in [-0.15, -0.1) is 0 Å². The lowest BCUT2D eigenvalue weighted by atomic mass is 9.81. The molecule has 1 saturated carbocycles. The summed E-state index contributed by atoms with van der Waals surface area (Å²) in [6, 6.07) is 8.61. The number of carbonyl (C=O) groups is 2. The number of fused-ring (bicyclic) bond motifs is 2. The fourth-order valence-electron chi connectivity index (χ4n) is 5.54. The van der Waals surface area contributed by atoms with E-state index < -0.39 is 0 Å². The molecule has 0 radical (unpaired) electrons. The summed E-state index contributed by atoms with van der Waals surface area (Å²) in [6.45, 7) is 5.72. The molecule has 3 fully saturated rings. The maximum atomic E-state index is 12.6. The second-order valence-electron chi connectivity index (χ2n) is 9.21. The Morgan fingerprint density at radius 3 is 2.32 bits per heavy atom.